The molecule has 0 spiro atoms. The Hall–Kier alpha value is -6.16. The Labute approximate surface area is 377 Å². The summed E-state index contributed by atoms with van der Waals surface area (Å²) < 4.78 is 0. The fourth-order valence-electron chi connectivity index (χ4n) is 4.68. The monoisotopic (exact) mass is 957 g/mol. The first-order valence-corrected chi connectivity index (χ1v) is 18.2. The minimum Gasteiger partial charge on any atom is -0.699 e. The molecular formula is C48H49N9Rh2-3. The molecule has 2 aliphatic heterocycles. The van der Waals surface area contributed by atoms with E-state index in [9.17, 15) is 0 Å². The van der Waals surface area contributed by atoms with Crippen molar-refractivity contribution in [2.24, 2.45) is 0 Å². The molecule has 5 aromatic carbocycles. The van der Waals surface area contributed by atoms with Gasteiger partial charge in [-0.3, -0.25) is 0 Å². The van der Waals surface area contributed by atoms with Crippen molar-refractivity contribution in [3.63, 3.8) is 0 Å². The van der Waals surface area contributed by atoms with E-state index >= 15 is 0 Å². The quantitative estimate of drug-likeness (QED) is 0.142. The maximum absolute atomic E-state index is 7.32. The third-order valence-electron chi connectivity index (χ3n) is 7.49. The number of nitrogens with zero attached hydrogens (tertiary/aromatic N) is 9. The van der Waals surface area contributed by atoms with Gasteiger partial charge in [0.15, 0.2) is 0 Å². The van der Waals surface area contributed by atoms with Crippen molar-refractivity contribution in [2.75, 3.05) is 13.3 Å². The zero-order chi connectivity index (χ0) is 41.7. The van der Waals surface area contributed by atoms with E-state index in [4.69, 9.17) is 15.8 Å². The first-order chi connectivity index (χ1) is 27.7. The molecule has 307 valence electrons. The van der Waals surface area contributed by atoms with Crippen LogP contribution in [-0.2, 0) is 39.0 Å². The van der Waals surface area contributed by atoms with Crippen LogP contribution in [0.5, 0.6) is 0 Å². The first-order valence-electron chi connectivity index (χ1n) is 18.2. The van der Waals surface area contributed by atoms with E-state index in [1.807, 2.05) is 60.7 Å². The first kappa shape index (κ1) is 52.8. The molecule has 0 aliphatic carbocycles. The molecule has 0 amide bonds. The second-order valence-electron chi connectivity index (χ2n) is 12.1. The standard InChI is InChI=1S/2C15H16N2.C12H8N2.3C2H3N.2Rh/c2*1-12-3-7-14(8-4-12)16-11-17-15-9-5-13(2)6-10-15;1-3-9-5-6-10-4-2-8-14-12(10)11(9)13-7-1;3*1-2-3;;/h2*3-10H,11H2,1-2H3;1-8H;3*1H3;;/q3*-2;;;;;+3. The van der Waals surface area contributed by atoms with E-state index in [2.05, 4.69) is 132 Å². The summed E-state index contributed by atoms with van der Waals surface area (Å²) in [5.74, 6) is 0. The van der Waals surface area contributed by atoms with E-state index in [-0.39, 0.29) is 39.0 Å². The van der Waals surface area contributed by atoms with Crippen LogP contribution in [0.4, 0.5) is 34.1 Å². The van der Waals surface area contributed by atoms with Gasteiger partial charge in [0.25, 0.3) is 0 Å². The van der Waals surface area contributed by atoms with Gasteiger partial charge in [-0.05, 0) is 38.1 Å². The molecule has 0 saturated heterocycles. The van der Waals surface area contributed by atoms with Gasteiger partial charge in [-0.25, -0.2) is 13.3 Å². The Bertz CT molecular complexity index is 1970. The molecule has 9 nitrogen and oxygen atoms in total. The van der Waals surface area contributed by atoms with Crippen molar-refractivity contribution in [3.05, 3.63) is 198 Å². The number of nitriles is 3. The number of benzene rings is 5. The summed E-state index contributed by atoms with van der Waals surface area (Å²) in [5.41, 5.74) is 10.9. The Kier molecular flexibility index (Phi) is 28.5. The summed E-state index contributed by atoms with van der Waals surface area (Å²) in [7, 11) is 0. The molecule has 2 aliphatic rings. The molecule has 0 N–H and O–H groups in total. The number of hydrogen-bond donors (Lipinski definition) is 0. The summed E-state index contributed by atoms with van der Waals surface area (Å²) in [5, 5.41) is 50.5. The van der Waals surface area contributed by atoms with Gasteiger partial charge in [-0.15, -0.1) is 34.1 Å². The molecular weight excluding hydrogens is 908 g/mol. The van der Waals surface area contributed by atoms with E-state index < -0.39 is 0 Å². The van der Waals surface area contributed by atoms with Crippen molar-refractivity contribution in [1.82, 2.24) is 0 Å². The normalized spacial score (nSPS) is 9.83. The fourth-order valence-corrected chi connectivity index (χ4v) is 4.68. The molecule has 0 aromatic heterocycles. The second-order valence-corrected chi connectivity index (χ2v) is 12.1. The SMILES string of the molecule is C1=C[N-]c2c3c(ccc2=C1)=CC=C[N-]3.CC#N.CC#N.CC#N.Cc1ccc([N-]C[N-]c2ccc(C)cc2)cc1.Cc1ccc([N-]C[N-]c2ccc(C)cc2)cc1.[Rh+3].[Rh]. The van der Waals surface area contributed by atoms with Crippen LogP contribution in [0.3, 0.4) is 0 Å². The maximum Gasteiger partial charge on any atom is 3.00 e. The third kappa shape index (κ3) is 21.8. The maximum atomic E-state index is 7.32. The molecule has 0 bridgehead atoms. The average molecular weight is 958 g/mol. The smallest absolute Gasteiger partial charge is 0.699 e. The molecule has 59 heavy (non-hydrogen) atoms. The van der Waals surface area contributed by atoms with E-state index in [1.54, 1.807) is 30.6 Å². The zero-order valence-electron chi connectivity index (χ0n) is 34.5. The Morgan fingerprint density at radius 1 is 0.424 bits per heavy atom. The van der Waals surface area contributed by atoms with Gasteiger partial charge >= 0.3 is 19.5 Å². The zero-order valence-corrected chi connectivity index (χ0v) is 37.7. The van der Waals surface area contributed by atoms with E-state index in [1.165, 1.54) is 43.0 Å². The molecule has 1 radical (unpaired) electrons. The van der Waals surface area contributed by atoms with Crippen LogP contribution in [0, 0.1) is 61.7 Å². The average Bonchev–Trinajstić information content (AvgIpc) is 3.22. The third-order valence-corrected chi connectivity index (χ3v) is 7.49. The molecule has 7 rings (SSSR count). The predicted octanol–water partition coefficient (Wildman–Crippen LogP) is 13.8. The number of hydrogen-bond acceptors (Lipinski definition) is 3. The summed E-state index contributed by atoms with van der Waals surface area (Å²) in [4.78, 5) is 0. The summed E-state index contributed by atoms with van der Waals surface area (Å²) >= 11 is 0. The number of rotatable bonds is 8. The van der Waals surface area contributed by atoms with Gasteiger partial charge in [0.05, 0.1) is 18.2 Å². The van der Waals surface area contributed by atoms with Crippen molar-refractivity contribution < 1.29 is 39.0 Å². The van der Waals surface area contributed by atoms with Gasteiger partial charge in [0.2, 0.25) is 0 Å². The second kappa shape index (κ2) is 31.9. The molecule has 0 fully saturated rings. The summed E-state index contributed by atoms with van der Waals surface area (Å²) in [6.45, 7) is 13.5. The van der Waals surface area contributed by atoms with Crippen molar-refractivity contribution in [2.45, 2.75) is 48.5 Å². The minimum atomic E-state index is 0. The Morgan fingerprint density at radius 2 is 0.644 bits per heavy atom. The topological polar surface area (TPSA) is 156 Å². The van der Waals surface area contributed by atoms with Crippen LogP contribution in [0.1, 0.15) is 43.0 Å². The molecule has 11 heteroatoms. The molecule has 0 saturated carbocycles. The molecule has 2 heterocycles. The fraction of sp³-hybridized carbons (Fsp3) is 0.188. The molecule has 0 atom stereocenters. The number of fused-ring (bicyclic) bond motifs is 3. The van der Waals surface area contributed by atoms with Crippen molar-refractivity contribution in [3.8, 4) is 18.2 Å². The van der Waals surface area contributed by atoms with Gasteiger partial charge < -0.3 is 31.9 Å². The van der Waals surface area contributed by atoms with Gasteiger partial charge in [0.1, 0.15) is 0 Å². The van der Waals surface area contributed by atoms with Gasteiger partial charge in [0, 0.05) is 40.2 Å². The minimum absolute atomic E-state index is 0. The van der Waals surface area contributed by atoms with Crippen molar-refractivity contribution in [1.29, 1.82) is 15.8 Å². The number of allylic oxidation sites excluding steroid dienone is 2. The van der Waals surface area contributed by atoms with E-state index in [0.717, 1.165) is 44.6 Å². The summed E-state index contributed by atoms with van der Waals surface area (Å²) in [6, 6.07) is 42.0. The Morgan fingerprint density at radius 3 is 0.864 bits per heavy atom. The Balaban J connectivity index is 0.000000766. The molecule has 0 unspecified atom stereocenters. The molecule has 5 aromatic rings. The van der Waals surface area contributed by atoms with Crippen LogP contribution in [-0.4, -0.2) is 13.3 Å². The summed E-state index contributed by atoms with van der Waals surface area (Å²) in [6.07, 6.45) is 11.6. The van der Waals surface area contributed by atoms with Crippen molar-refractivity contribution >= 4 is 46.3 Å². The number of aryl methyl sites for hydroxylation is 4. The van der Waals surface area contributed by atoms with Crippen LogP contribution < -0.4 is 10.4 Å². The largest absolute Gasteiger partial charge is 3.00 e. The van der Waals surface area contributed by atoms with Crippen LogP contribution in [0.2, 0.25) is 0 Å². The van der Waals surface area contributed by atoms with Gasteiger partial charge in [-0.2, -0.15) is 28.2 Å². The predicted molar refractivity (Wildman–Crippen MR) is 239 cm³/mol. The van der Waals surface area contributed by atoms with Crippen LogP contribution >= 0.6 is 0 Å². The van der Waals surface area contributed by atoms with E-state index in [0.29, 0.717) is 13.3 Å². The van der Waals surface area contributed by atoms with Crippen LogP contribution in [0.15, 0.2) is 134 Å². The van der Waals surface area contributed by atoms with Gasteiger partial charge in [-0.1, -0.05) is 156 Å². The van der Waals surface area contributed by atoms with Crippen LogP contribution in [0.25, 0.3) is 44.1 Å².